The molecule has 1 aliphatic rings. The minimum absolute atomic E-state index is 0.128. The number of esters is 2. The van der Waals surface area contributed by atoms with Gasteiger partial charge >= 0.3 is 11.9 Å². The van der Waals surface area contributed by atoms with Crippen molar-refractivity contribution in [2.45, 2.75) is 6.92 Å². The Morgan fingerprint density at radius 1 is 0.774 bits per heavy atom. The second kappa shape index (κ2) is 7.87. The van der Waals surface area contributed by atoms with Gasteiger partial charge in [-0.1, -0.05) is 18.2 Å². The number of aryl methyl sites for hydroxylation is 1. The number of methoxy groups -OCH3 is 1. The second-order valence-electron chi connectivity index (χ2n) is 6.90. The third-order valence-electron chi connectivity index (χ3n) is 4.96. The van der Waals surface area contributed by atoms with Crippen molar-refractivity contribution in [1.29, 1.82) is 0 Å². The Bertz CT molecular complexity index is 1230. The lowest BCUT2D eigenvalue weighted by molar-refractivity contribution is 0.0600. The second-order valence-corrected chi connectivity index (χ2v) is 6.90. The fraction of sp³-hybridized carbons (Fsp3) is 0.0833. The van der Waals surface area contributed by atoms with E-state index in [-0.39, 0.29) is 22.4 Å². The molecule has 3 aromatic rings. The monoisotopic (exact) mass is 415 g/mol. The summed E-state index contributed by atoms with van der Waals surface area (Å²) in [6, 6.07) is 17.2. The van der Waals surface area contributed by atoms with Crippen LogP contribution in [0.5, 0.6) is 5.75 Å². The average molecular weight is 415 g/mol. The summed E-state index contributed by atoms with van der Waals surface area (Å²) in [4.78, 5) is 50.9. The van der Waals surface area contributed by atoms with Gasteiger partial charge in [-0.3, -0.25) is 9.59 Å². The fourth-order valence-electron chi connectivity index (χ4n) is 3.34. The zero-order chi connectivity index (χ0) is 22.1. The summed E-state index contributed by atoms with van der Waals surface area (Å²) in [6.45, 7) is 1.81. The van der Waals surface area contributed by atoms with Gasteiger partial charge in [-0.15, -0.1) is 0 Å². The van der Waals surface area contributed by atoms with E-state index >= 15 is 0 Å². The van der Waals surface area contributed by atoms with Crippen LogP contribution in [0.3, 0.4) is 0 Å². The van der Waals surface area contributed by atoms with Crippen molar-refractivity contribution >= 4 is 29.4 Å². The van der Waals surface area contributed by atoms with Crippen molar-refractivity contribution in [1.82, 2.24) is 0 Å². The van der Waals surface area contributed by atoms with E-state index in [1.807, 2.05) is 19.1 Å². The SMILES string of the molecule is COC(=O)c1ccc(OC(=O)c2ccc3c(c2)C(=O)N(c2ccccc2C)C3=O)cc1. The molecule has 154 valence electrons. The van der Waals surface area contributed by atoms with Crippen LogP contribution in [0.15, 0.2) is 66.7 Å². The van der Waals surface area contributed by atoms with E-state index in [9.17, 15) is 19.2 Å². The number of para-hydroxylation sites is 1. The summed E-state index contributed by atoms with van der Waals surface area (Å²) in [5.41, 5.74) is 2.11. The summed E-state index contributed by atoms with van der Waals surface area (Å²) in [6.07, 6.45) is 0. The minimum Gasteiger partial charge on any atom is -0.465 e. The number of hydrogen-bond acceptors (Lipinski definition) is 6. The van der Waals surface area contributed by atoms with Gasteiger partial charge in [-0.05, 0) is 61.0 Å². The van der Waals surface area contributed by atoms with Crippen LogP contribution in [0.1, 0.15) is 47.0 Å². The van der Waals surface area contributed by atoms with Gasteiger partial charge in [-0.25, -0.2) is 14.5 Å². The van der Waals surface area contributed by atoms with Crippen molar-refractivity contribution in [3.63, 3.8) is 0 Å². The van der Waals surface area contributed by atoms with E-state index in [0.717, 1.165) is 10.5 Å². The van der Waals surface area contributed by atoms with Crippen LogP contribution in [0.2, 0.25) is 0 Å². The number of fused-ring (bicyclic) bond motifs is 1. The summed E-state index contributed by atoms with van der Waals surface area (Å²) >= 11 is 0. The van der Waals surface area contributed by atoms with Crippen LogP contribution in [-0.4, -0.2) is 30.9 Å². The maximum Gasteiger partial charge on any atom is 0.343 e. The van der Waals surface area contributed by atoms with Crippen molar-refractivity contribution in [3.05, 3.63) is 94.5 Å². The Hall–Kier alpha value is -4.26. The number of carbonyl (C=O) groups excluding carboxylic acids is 4. The number of carbonyl (C=O) groups is 4. The molecule has 0 bridgehead atoms. The molecule has 0 unspecified atom stereocenters. The summed E-state index contributed by atoms with van der Waals surface area (Å²) < 4.78 is 9.95. The smallest absolute Gasteiger partial charge is 0.343 e. The molecule has 2 amide bonds. The Balaban J connectivity index is 1.58. The topological polar surface area (TPSA) is 90.0 Å². The highest BCUT2D eigenvalue weighted by molar-refractivity contribution is 6.34. The highest BCUT2D eigenvalue weighted by atomic mass is 16.5. The maximum atomic E-state index is 12.9. The molecule has 31 heavy (non-hydrogen) atoms. The predicted molar refractivity (Wildman–Crippen MR) is 112 cm³/mol. The van der Waals surface area contributed by atoms with Gasteiger partial charge < -0.3 is 9.47 Å². The van der Waals surface area contributed by atoms with Gasteiger partial charge in [0.1, 0.15) is 5.75 Å². The Morgan fingerprint density at radius 3 is 2.10 bits per heavy atom. The number of anilines is 1. The van der Waals surface area contributed by atoms with Crippen molar-refractivity contribution in [2.75, 3.05) is 12.0 Å². The molecule has 4 rings (SSSR count). The molecule has 0 radical (unpaired) electrons. The molecule has 0 aliphatic carbocycles. The lowest BCUT2D eigenvalue weighted by Crippen LogP contribution is -2.29. The third kappa shape index (κ3) is 3.57. The van der Waals surface area contributed by atoms with Crippen LogP contribution in [0, 0.1) is 6.92 Å². The van der Waals surface area contributed by atoms with Crippen LogP contribution in [-0.2, 0) is 4.74 Å². The molecule has 0 N–H and O–H groups in total. The molecule has 0 aromatic heterocycles. The Labute approximate surface area is 177 Å². The number of hydrogen-bond donors (Lipinski definition) is 0. The highest BCUT2D eigenvalue weighted by Crippen LogP contribution is 2.31. The molecule has 0 saturated heterocycles. The van der Waals surface area contributed by atoms with Crippen LogP contribution < -0.4 is 9.64 Å². The van der Waals surface area contributed by atoms with E-state index in [1.54, 1.807) is 12.1 Å². The van der Waals surface area contributed by atoms with Crippen LogP contribution >= 0.6 is 0 Å². The zero-order valence-electron chi connectivity index (χ0n) is 16.7. The first-order chi connectivity index (χ1) is 14.9. The van der Waals surface area contributed by atoms with E-state index < -0.39 is 23.8 Å². The minimum atomic E-state index is -0.691. The average Bonchev–Trinajstić information content (AvgIpc) is 3.03. The van der Waals surface area contributed by atoms with Crippen LogP contribution in [0.25, 0.3) is 0 Å². The number of amides is 2. The molecule has 7 nitrogen and oxygen atoms in total. The third-order valence-corrected chi connectivity index (χ3v) is 4.96. The molecule has 0 atom stereocenters. The number of rotatable bonds is 4. The molecule has 1 aliphatic heterocycles. The molecular formula is C24H17NO6. The lowest BCUT2D eigenvalue weighted by atomic mass is 10.1. The first-order valence-corrected chi connectivity index (χ1v) is 9.39. The molecule has 3 aromatic carbocycles. The molecule has 0 saturated carbocycles. The maximum absolute atomic E-state index is 12.9. The molecule has 1 heterocycles. The van der Waals surface area contributed by atoms with Gasteiger partial charge in [0.15, 0.2) is 0 Å². The first kappa shape index (κ1) is 20.0. The number of nitrogens with zero attached hydrogens (tertiary/aromatic N) is 1. The van der Waals surface area contributed by atoms with Crippen LogP contribution in [0.4, 0.5) is 5.69 Å². The van der Waals surface area contributed by atoms with Gasteiger partial charge in [0.25, 0.3) is 11.8 Å². The quantitative estimate of drug-likeness (QED) is 0.366. The first-order valence-electron chi connectivity index (χ1n) is 9.39. The summed E-state index contributed by atoms with van der Waals surface area (Å²) in [7, 11) is 1.27. The van der Waals surface area contributed by atoms with E-state index in [1.165, 1.54) is 49.6 Å². The summed E-state index contributed by atoms with van der Waals surface area (Å²) in [5, 5.41) is 0. The number of imide groups is 1. The van der Waals surface area contributed by atoms with Gasteiger partial charge in [0.2, 0.25) is 0 Å². The van der Waals surface area contributed by atoms with Gasteiger partial charge in [0, 0.05) is 0 Å². The van der Waals surface area contributed by atoms with E-state index in [2.05, 4.69) is 4.74 Å². The van der Waals surface area contributed by atoms with Crippen molar-refractivity contribution < 1.29 is 28.7 Å². The highest BCUT2D eigenvalue weighted by Gasteiger charge is 2.37. The van der Waals surface area contributed by atoms with Gasteiger partial charge in [0.05, 0.1) is 35.1 Å². The van der Waals surface area contributed by atoms with Crippen molar-refractivity contribution in [2.24, 2.45) is 0 Å². The number of benzene rings is 3. The molecule has 0 spiro atoms. The predicted octanol–water partition coefficient (Wildman–Crippen LogP) is 3.80. The Morgan fingerprint density at radius 2 is 1.42 bits per heavy atom. The van der Waals surface area contributed by atoms with E-state index in [4.69, 9.17) is 4.74 Å². The van der Waals surface area contributed by atoms with Crippen molar-refractivity contribution in [3.8, 4) is 5.75 Å². The zero-order valence-corrected chi connectivity index (χ0v) is 16.7. The fourth-order valence-corrected chi connectivity index (χ4v) is 3.34. The lowest BCUT2D eigenvalue weighted by Gasteiger charge is -2.16. The largest absolute Gasteiger partial charge is 0.465 e. The normalized spacial score (nSPS) is 12.5. The summed E-state index contributed by atoms with van der Waals surface area (Å²) in [5.74, 6) is -1.90. The van der Waals surface area contributed by atoms with E-state index in [0.29, 0.717) is 11.3 Å². The molecule has 0 fully saturated rings. The van der Waals surface area contributed by atoms with Gasteiger partial charge in [-0.2, -0.15) is 0 Å². The number of ether oxygens (including phenoxy) is 2. The standard InChI is InChI=1S/C24H17NO6/c1-14-5-3-4-6-20(14)25-21(26)18-12-9-16(13-19(18)22(25)27)24(29)31-17-10-7-15(8-11-17)23(28)30-2/h3-13H,1-2H3. The molecule has 7 heteroatoms. The molecular weight excluding hydrogens is 398 g/mol. The Kier molecular flexibility index (Phi) is 5.09.